The molecule has 0 aliphatic rings. The first-order valence-electron chi connectivity index (χ1n) is 6.27. The van der Waals surface area contributed by atoms with E-state index in [1.165, 1.54) is 12.3 Å². The fourth-order valence-electron chi connectivity index (χ4n) is 1.85. The third-order valence-corrected chi connectivity index (χ3v) is 2.88. The summed E-state index contributed by atoms with van der Waals surface area (Å²) in [6.45, 7) is 0. The number of anilines is 1. The number of fused-ring (bicyclic) bond motifs is 1. The van der Waals surface area contributed by atoms with Gasteiger partial charge >= 0.3 is 0 Å². The summed E-state index contributed by atoms with van der Waals surface area (Å²) >= 11 is 0. The van der Waals surface area contributed by atoms with Gasteiger partial charge in [-0.2, -0.15) is 5.10 Å². The molecule has 0 radical (unpaired) electrons. The summed E-state index contributed by atoms with van der Waals surface area (Å²) in [6.07, 6.45) is 1.30. The number of benzene rings is 2. The number of aromatic nitrogens is 2. The van der Waals surface area contributed by atoms with Crippen molar-refractivity contribution in [3.05, 3.63) is 70.3 Å². The second-order valence-electron chi connectivity index (χ2n) is 4.32. The highest BCUT2D eigenvalue weighted by atomic mass is 19.1. The van der Waals surface area contributed by atoms with Crippen molar-refractivity contribution in [2.45, 2.75) is 0 Å². The molecule has 0 saturated carbocycles. The van der Waals surface area contributed by atoms with E-state index < -0.39 is 0 Å². The molecule has 0 atom stereocenters. The Morgan fingerprint density at radius 1 is 1.14 bits per heavy atom. The van der Waals surface area contributed by atoms with E-state index in [1.54, 1.807) is 30.3 Å². The number of hydrazone groups is 1. The molecule has 6 heteroatoms. The van der Waals surface area contributed by atoms with Gasteiger partial charge in [0.15, 0.2) is 0 Å². The van der Waals surface area contributed by atoms with E-state index in [9.17, 15) is 9.18 Å². The number of aromatic amines is 1. The van der Waals surface area contributed by atoms with Crippen LogP contribution >= 0.6 is 0 Å². The molecular weight excluding hydrogens is 271 g/mol. The average molecular weight is 282 g/mol. The standard InChI is InChI=1S/C15H11FN4O/c16-11-6-2-1-5-10(11)9-17-20-14-15(21)19-13-8-4-3-7-12(13)18-14/h1-9H,(H,18,20)(H,19,21). The fraction of sp³-hybridized carbons (Fsp3) is 0. The zero-order chi connectivity index (χ0) is 14.7. The zero-order valence-electron chi connectivity index (χ0n) is 10.9. The van der Waals surface area contributed by atoms with Gasteiger partial charge in [-0.05, 0) is 18.2 Å². The van der Waals surface area contributed by atoms with E-state index in [1.807, 2.05) is 12.1 Å². The van der Waals surface area contributed by atoms with Crippen LogP contribution in [0.25, 0.3) is 11.0 Å². The number of H-pyrrole nitrogens is 1. The number of halogens is 1. The molecule has 0 bridgehead atoms. The number of hydrogen-bond acceptors (Lipinski definition) is 4. The molecule has 21 heavy (non-hydrogen) atoms. The number of nitrogens with one attached hydrogen (secondary N) is 2. The van der Waals surface area contributed by atoms with E-state index in [0.29, 0.717) is 16.6 Å². The minimum Gasteiger partial charge on any atom is -0.317 e. The quantitative estimate of drug-likeness (QED) is 0.573. The predicted octanol–water partition coefficient (Wildman–Crippen LogP) is 2.51. The van der Waals surface area contributed by atoms with Crippen molar-refractivity contribution in [2.75, 3.05) is 5.43 Å². The van der Waals surface area contributed by atoms with E-state index in [0.717, 1.165) is 0 Å². The van der Waals surface area contributed by atoms with Crippen LogP contribution in [0.4, 0.5) is 10.2 Å². The van der Waals surface area contributed by atoms with Gasteiger partial charge in [0.2, 0.25) is 5.82 Å². The molecule has 0 fully saturated rings. The van der Waals surface area contributed by atoms with Crippen molar-refractivity contribution in [3.8, 4) is 0 Å². The van der Waals surface area contributed by atoms with Crippen LogP contribution in [0.1, 0.15) is 5.56 Å². The monoisotopic (exact) mass is 282 g/mol. The smallest absolute Gasteiger partial charge is 0.293 e. The number of nitrogens with zero attached hydrogens (tertiary/aromatic N) is 2. The minimum atomic E-state index is -0.389. The Morgan fingerprint density at radius 2 is 1.90 bits per heavy atom. The maximum atomic E-state index is 13.4. The van der Waals surface area contributed by atoms with Gasteiger partial charge < -0.3 is 4.98 Å². The van der Waals surface area contributed by atoms with Gasteiger partial charge in [0, 0.05) is 5.56 Å². The third kappa shape index (κ3) is 2.79. The third-order valence-electron chi connectivity index (χ3n) is 2.88. The van der Waals surface area contributed by atoms with Gasteiger partial charge in [-0.1, -0.05) is 30.3 Å². The molecule has 104 valence electrons. The fourth-order valence-corrected chi connectivity index (χ4v) is 1.85. The predicted molar refractivity (Wildman–Crippen MR) is 80.0 cm³/mol. The van der Waals surface area contributed by atoms with Gasteiger partial charge in [0.1, 0.15) is 5.82 Å². The molecule has 3 aromatic rings. The molecule has 2 aromatic carbocycles. The summed E-state index contributed by atoms with van der Waals surface area (Å²) in [5, 5.41) is 3.84. The Kier molecular flexibility index (Phi) is 3.42. The van der Waals surface area contributed by atoms with E-state index >= 15 is 0 Å². The van der Waals surface area contributed by atoms with Gasteiger partial charge in [-0.15, -0.1) is 0 Å². The molecule has 0 aliphatic carbocycles. The summed E-state index contributed by atoms with van der Waals surface area (Å²) < 4.78 is 13.4. The summed E-state index contributed by atoms with van der Waals surface area (Å²) in [5.41, 5.74) is 3.74. The molecule has 0 spiro atoms. The summed E-state index contributed by atoms with van der Waals surface area (Å²) in [5.74, 6) is -0.329. The molecule has 5 nitrogen and oxygen atoms in total. The van der Waals surface area contributed by atoms with Crippen LogP contribution in [0.15, 0.2) is 58.4 Å². The lowest BCUT2D eigenvalue weighted by atomic mass is 10.2. The first-order valence-corrected chi connectivity index (χ1v) is 6.27. The number of para-hydroxylation sites is 2. The number of hydrogen-bond donors (Lipinski definition) is 2. The van der Waals surface area contributed by atoms with Crippen LogP contribution in [0, 0.1) is 5.82 Å². The van der Waals surface area contributed by atoms with E-state index in [4.69, 9.17) is 0 Å². The second kappa shape index (κ2) is 5.54. The van der Waals surface area contributed by atoms with Crippen LogP contribution in [-0.4, -0.2) is 16.2 Å². The van der Waals surface area contributed by atoms with E-state index in [2.05, 4.69) is 20.5 Å². The van der Waals surface area contributed by atoms with Crippen LogP contribution in [0.2, 0.25) is 0 Å². The molecule has 0 unspecified atom stereocenters. The Hall–Kier alpha value is -3.02. The Balaban J connectivity index is 1.87. The lowest BCUT2D eigenvalue weighted by molar-refractivity contribution is 0.626. The molecular formula is C15H11FN4O. The minimum absolute atomic E-state index is 0.0567. The van der Waals surface area contributed by atoms with Crippen LogP contribution in [0.3, 0.4) is 0 Å². The highest BCUT2D eigenvalue weighted by molar-refractivity contribution is 5.80. The van der Waals surface area contributed by atoms with Crippen molar-refractivity contribution in [3.63, 3.8) is 0 Å². The molecule has 2 N–H and O–H groups in total. The SMILES string of the molecule is O=c1[nH]c2ccccc2nc1NN=Cc1ccccc1F. The topological polar surface area (TPSA) is 70.1 Å². The van der Waals surface area contributed by atoms with Crippen molar-refractivity contribution < 1.29 is 4.39 Å². The van der Waals surface area contributed by atoms with E-state index in [-0.39, 0.29) is 17.2 Å². The molecule has 0 aliphatic heterocycles. The van der Waals surface area contributed by atoms with Crippen LogP contribution in [0.5, 0.6) is 0 Å². The highest BCUT2D eigenvalue weighted by Gasteiger charge is 2.03. The normalized spacial score (nSPS) is 11.1. The van der Waals surface area contributed by atoms with Crippen molar-refractivity contribution in [2.24, 2.45) is 5.10 Å². The maximum Gasteiger partial charge on any atom is 0.293 e. The van der Waals surface area contributed by atoms with Crippen LogP contribution < -0.4 is 11.0 Å². The van der Waals surface area contributed by atoms with Crippen molar-refractivity contribution >= 4 is 23.1 Å². The summed E-state index contributed by atoms with van der Waals surface area (Å²) in [6, 6.07) is 13.4. The highest BCUT2D eigenvalue weighted by Crippen LogP contribution is 2.08. The van der Waals surface area contributed by atoms with Crippen molar-refractivity contribution in [1.29, 1.82) is 0 Å². The first-order chi connectivity index (χ1) is 10.2. The van der Waals surface area contributed by atoms with Gasteiger partial charge in [-0.25, -0.2) is 9.37 Å². The van der Waals surface area contributed by atoms with Gasteiger partial charge in [-0.3, -0.25) is 10.2 Å². The summed E-state index contributed by atoms with van der Waals surface area (Å²) in [7, 11) is 0. The number of rotatable bonds is 3. The van der Waals surface area contributed by atoms with Gasteiger partial charge in [0.25, 0.3) is 5.56 Å². The lowest BCUT2D eigenvalue weighted by Crippen LogP contribution is -2.13. The van der Waals surface area contributed by atoms with Crippen molar-refractivity contribution in [1.82, 2.24) is 9.97 Å². The molecule has 0 amide bonds. The molecule has 3 rings (SSSR count). The first kappa shape index (κ1) is 13.0. The largest absolute Gasteiger partial charge is 0.317 e. The van der Waals surface area contributed by atoms with Gasteiger partial charge in [0.05, 0.1) is 17.2 Å². The summed E-state index contributed by atoms with van der Waals surface area (Å²) in [4.78, 5) is 18.7. The Bertz CT molecular complexity index is 873. The molecule has 1 heterocycles. The van der Waals surface area contributed by atoms with Crippen LogP contribution in [-0.2, 0) is 0 Å². The molecule has 1 aromatic heterocycles. The Labute approximate surface area is 119 Å². The lowest BCUT2D eigenvalue weighted by Gasteiger charge is -2.01. The maximum absolute atomic E-state index is 13.4. The Morgan fingerprint density at radius 3 is 2.76 bits per heavy atom. The zero-order valence-corrected chi connectivity index (χ0v) is 10.9. The second-order valence-corrected chi connectivity index (χ2v) is 4.32. The molecule has 0 saturated heterocycles. The average Bonchev–Trinajstić information content (AvgIpc) is 2.49.